The summed E-state index contributed by atoms with van der Waals surface area (Å²) in [5.41, 5.74) is 0. The zero-order valence-electron chi connectivity index (χ0n) is 10.2. The molecule has 0 spiro atoms. The molecule has 0 aromatic heterocycles. The molecule has 90 valence electrons. The standard InChI is InChI=1S/C12H26N2O/c1-3-8-14(10-12(15)4-2)11-6-5-7-13-9-11/h11-13,15H,3-10H2,1-2H3. The molecule has 0 radical (unpaired) electrons. The molecule has 3 nitrogen and oxygen atoms in total. The normalized spacial score (nSPS) is 24.4. The van der Waals surface area contributed by atoms with Gasteiger partial charge in [-0.05, 0) is 38.8 Å². The van der Waals surface area contributed by atoms with Gasteiger partial charge in [0.05, 0.1) is 6.10 Å². The first kappa shape index (κ1) is 12.9. The van der Waals surface area contributed by atoms with Gasteiger partial charge in [-0.1, -0.05) is 13.8 Å². The van der Waals surface area contributed by atoms with Crippen molar-refractivity contribution in [1.82, 2.24) is 10.2 Å². The smallest absolute Gasteiger partial charge is 0.0664 e. The van der Waals surface area contributed by atoms with Crippen molar-refractivity contribution in [3.05, 3.63) is 0 Å². The van der Waals surface area contributed by atoms with Crippen LogP contribution in [0.15, 0.2) is 0 Å². The lowest BCUT2D eigenvalue weighted by molar-refractivity contribution is 0.0753. The number of nitrogens with zero attached hydrogens (tertiary/aromatic N) is 1. The van der Waals surface area contributed by atoms with Crippen molar-refractivity contribution in [2.45, 2.75) is 51.7 Å². The third kappa shape index (κ3) is 4.49. The Hall–Kier alpha value is -0.120. The van der Waals surface area contributed by atoms with E-state index in [1.165, 1.54) is 19.3 Å². The van der Waals surface area contributed by atoms with Gasteiger partial charge < -0.3 is 10.4 Å². The highest BCUT2D eigenvalue weighted by molar-refractivity contribution is 4.79. The van der Waals surface area contributed by atoms with Gasteiger partial charge in [0.1, 0.15) is 0 Å². The van der Waals surface area contributed by atoms with Crippen molar-refractivity contribution in [3.8, 4) is 0 Å². The van der Waals surface area contributed by atoms with Crippen LogP contribution in [0.3, 0.4) is 0 Å². The van der Waals surface area contributed by atoms with Crippen LogP contribution >= 0.6 is 0 Å². The maximum absolute atomic E-state index is 9.72. The summed E-state index contributed by atoms with van der Waals surface area (Å²) < 4.78 is 0. The molecule has 2 atom stereocenters. The van der Waals surface area contributed by atoms with Gasteiger partial charge in [0.2, 0.25) is 0 Å². The van der Waals surface area contributed by atoms with E-state index in [1.807, 2.05) is 6.92 Å². The highest BCUT2D eigenvalue weighted by Gasteiger charge is 2.21. The summed E-state index contributed by atoms with van der Waals surface area (Å²) in [6.45, 7) is 8.47. The minimum Gasteiger partial charge on any atom is -0.392 e. The molecule has 0 amide bonds. The van der Waals surface area contributed by atoms with Crippen LogP contribution in [0.4, 0.5) is 0 Å². The van der Waals surface area contributed by atoms with Gasteiger partial charge in [-0.25, -0.2) is 0 Å². The molecule has 0 saturated carbocycles. The number of rotatable bonds is 6. The fourth-order valence-electron chi connectivity index (χ4n) is 2.26. The van der Waals surface area contributed by atoms with Gasteiger partial charge in [-0.2, -0.15) is 0 Å². The maximum atomic E-state index is 9.72. The predicted octanol–water partition coefficient (Wildman–Crippen LogP) is 1.22. The molecular formula is C12H26N2O. The summed E-state index contributed by atoms with van der Waals surface area (Å²) in [6.07, 6.45) is 4.43. The predicted molar refractivity (Wildman–Crippen MR) is 64.1 cm³/mol. The summed E-state index contributed by atoms with van der Waals surface area (Å²) in [5, 5.41) is 13.2. The average molecular weight is 214 g/mol. The fraction of sp³-hybridized carbons (Fsp3) is 1.00. The summed E-state index contributed by atoms with van der Waals surface area (Å²) in [7, 11) is 0. The second-order valence-corrected chi connectivity index (χ2v) is 4.56. The van der Waals surface area contributed by atoms with E-state index in [-0.39, 0.29) is 6.10 Å². The van der Waals surface area contributed by atoms with Gasteiger partial charge in [-0.3, -0.25) is 4.90 Å². The van der Waals surface area contributed by atoms with Crippen LogP contribution in [0.2, 0.25) is 0 Å². The van der Waals surface area contributed by atoms with E-state index in [0.717, 1.165) is 32.6 Å². The molecule has 2 unspecified atom stereocenters. The fourth-order valence-corrected chi connectivity index (χ4v) is 2.26. The van der Waals surface area contributed by atoms with Crippen LogP contribution in [0.5, 0.6) is 0 Å². The lowest BCUT2D eigenvalue weighted by atomic mass is 10.0. The number of aliphatic hydroxyl groups is 1. The van der Waals surface area contributed by atoms with E-state index in [2.05, 4.69) is 17.1 Å². The van der Waals surface area contributed by atoms with Crippen molar-refractivity contribution in [1.29, 1.82) is 0 Å². The second kappa shape index (κ2) is 7.20. The quantitative estimate of drug-likeness (QED) is 0.698. The van der Waals surface area contributed by atoms with E-state index < -0.39 is 0 Å². The van der Waals surface area contributed by atoms with Gasteiger partial charge in [0.15, 0.2) is 0 Å². The van der Waals surface area contributed by atoms with Crippen LogP contribution in [-0.4, -0.2) is 48.3 Å². The Bertz CT molecular complexity index is 158. The molecule has 15 heavy (non-hydrogen) atoms. The summed E-state index contributed by atoms with van der Waals surface area (Å²) >= 11 is 0. The molecule has 0 aliphatic carbocycles. The summed E-state index contributed by atoms with van der Waals surface area (Å²) in [4.78, 5) is 2.46. The summed E-state index contributed by atoms with van der Waals surface area (Å²) in [5.74, 6) is 0. The Labute approximate surface area is 93.9 Å². The zero-order valence-corrected chi connectivity index (χ0v) is 10.2. The van der Waals surface area contributed by atoms with Crippen molar-refractivity contribution in [2.75, 3.05) is 26.2 Å². The number of hydrogen-bond donors (Lipinski definition) is 2. The van der Waals surface area contributed by atoms with Crippen LogP contribution in [0.25, 0.3) is 0 Å². The highest BCUT2D eigenvalue weighted by atomic mass is 16.3. The molecule has 3 heteroatoms. The van der Waals surface area contributed by atoms with E-state index in [9.17, 15) is 5.11 Å². The number of hydrogen-bond acceptors (Lipinski definition) is 3. The molecule has 1 aliphatic heterocycles. The Balaban J connectivity index is 2.39. The lowest BCUT2D eigenvalue weighted by Crippen LogP contribution is -2.48. The number of nitrogens with one attached hydrogen (secondary N) is 1. The van der Waals surface area contributed by atoms with Gasteiger partial charge in [0, 0.05) is 19.1 Å². The van der Waals surface area contributed by atoms with Crippen molar-refractivity contribution in [2.24, 2.45) is 0 Å². The molecule has 1 aliphatic rings. The lowest BCUT2D eigenvalue weighted by Gasteiger charge is -2.35. The van der Waals surface area contributed by atoms with Crippen LogP contribution in [0.1, 0.15) is 39.5 Å². The Morgan fingerprint density at radius 3 is 2.80 bits per heavy atom. The number of piperidine rings is 1. The van der Waals surface area contributed by atoms with Crippen LogP contribution < -0.4 is 5.32 Å². The first-order chi connectivity index (χ1) is 7.27. The monoisotopic (exact) mass is 214 g/mol. The van der Waals surface area contributed by atoms with E-state index in [0.29, 0.717) is 6.04 Å². The molecule has 0 aromatic carbocycles. The minimum absolute atomic E-state index is 0.154. The van der Waals surface area contributed by atoms with Gasteiger partial charge in [-0.15, -0.1) is 0 Å². The van der Waals surface area contributed by atoms with E-state index >= 15 is 0 Å². The Kier molecular flexibility index (Phi) is 6.22. The molecule has 2 N–H and O–H groups in total. The molecule has 0 aromatic rings. The maximum Gasteiger partial charge on any atom is 0.0664 e. The average Bonchev–Trinajstić information content (AvgIpc) is 2.29. The molecular weight excluding hydrogens is 188 g/mol. The third-order valence-corrected chi connectivity index (χ3v) is 3.21. The largest absolute Gasteiger partial charge is 0.392 e. The van der Waals surface area contributed by atoms with Crippen LogP contribution in [-0.2, 0) is 0 Å². The summed E-state index contributed by atoms with van der Waals surface area (Å²) in [6, 6.07) is 0.639. The van der Waals surface area contributed by atoms with E-state index in [4.69, 9.17) is 0 Å². The molecule has 1 rings (SSSR count). The first-order valence-electron chi connectivity index (χ1n) is 6.40. The topological polar surface area (TPSA) is 35.5 Å². The first-order valence-corrected chi connectivity index (χ1v) is 6.40. The zero-order chi connectivity index (χ0) is 11.1. The van der Waals surface area contributed by atoms with Gasteiger partial charge in [0.25, 0.3) is 0 Å². The third-order valence-electron chi connectivity index (χ3n) is 3.21. The van der Waals surface area contributed by atoms with Crippen LogP contribution in [0, 0.1) is 0 Å². The molecule has 0 bridgehead atoms. The van der Waals surface area contributed by atoms with E-state index in [1.54, 1.807) is 0 Å². The molecule has 1 saturated heterocycles. The SMILES string of the molecule is CCCN(CC(O)CC)C1CCCNC1. The molecule has 1 heterocycles. The highest BCUT2D eigenvalue weighted by Crippen LogP contribution is 2.12. The number of aliphatic hydroxyl groups excluding tert-OH is 1. The van der Waals surface area contributed by atoms with Crippen molar-refractivity contribution >= 4 is 0 Å². The minimum atomic E-state index is -0.154. The van der Waals surface area contributed by atoms with Crippen molar-refractivity contribution in [3.63, 3.8) is 0 Å². The second-order valence-electron chi connectivity index (χ2n) is 4.56. The Morgan fingerprint density at radius 1 is 1.47 bits per heavy atom. The Morgan fingerprint density at radius 2 is 2.27 bits per heavy atom. The molecule has 1 fully saturated rings. The van der Waals surface area contributed by atoms with Gasteiger partial charge >= 0.3 is 0 Å². The van der Waals surface area contributed by atoms with Crippen molar-refractivity contribution < 1.29 is 5.11 Å².